The van der Waals surface area contributed by atoms with Gasteiger partial charge in [-0.25, -0.2) is 0 Å². The van der Waals surface area contributed by atoms with Gasteiger partial charge in [-0.05, 0) is 52.7 Å². The highest BCUT2D eigenvalue weighted by Crippen LogP contribution is 2.25. The number of nitrogen functional groups attached to an aromatic ring is 1. The van der Waals surface area contributed by atoms with Gasteiger partial charge in [-0.2, -0.15) is 0 Å². The fraction of sp³-hybridized carbons (Fsp3) is 0.222. The van der Waals surface area contributed by atoms with Crippen LogP contribution in [-0.4, -0.2) is 40.5 Å². The van der Waals surface area contributed by atoms with Crippen molar-refractivity contribution in [2.75, 3.05) is 13.1 Å². The zero-order valence-electron chi connectivity index (χ0n) is 19.3. The maximum Gasteiger partial charge on any atom is 0.251 e. The maximum atomic E-state index is 12.8. The van der Waals surface area contributed by atoms with Crippen molar-refractivity contribution < 1.29 is 4.74 Å². The number of fused-ring (bicyclic) bond motifs is 2. The lowest BCUT2D eigenvalue weighted by Gasteiger charge is -2.32. The molecule has 0 amide bonds. The van der Waals surface area contributed by atoms with E-state index in [0.717, 1.165) is 45.8 Å². The summed E-state index contributed by atoms with van der Waals surface area (Å²) in [6, 6.07) is 21.0. The second kappa shape index (κ2) is 9.13. The molecule has 0 bridgehead atoms. The normalized spacial score (nSPS) is 14.3. The summed E-state index contributed by atoms with van der Waals surface area (Å²) in [6.07, 6.45) is 1.70. The molecule has 178 valence electrons. The van der Waals surface area contributed by atoms with Crippen LogP contribution in [0.3, 0.4) is 0 Å². The molecule has 8 heteroatoms. The number of hydrogen-bond acceptors (Lipinski definition) is 4. The van der Waals surface area contributed by atoms with E-state index in [9.17, 15) is 4.79 Å². The third-order valence-corrected chi connectivity index (χ3v) is 6.60. The molecule has 1 aliphatic heterocycles. The van der Waals surface area contributed by atoms with Gasteiger partial charge in [0, 0.05) is 42.9 Å². The monoisotopic (exact) mass is 468 g/mol. The average molecular weight is 469 g/mol. The van der Waals surface area contributed by atoms with Gasteiger partial charge in [0.15, 0.2) is 5.96 Å². The van der Waals surface area contributed by atoms with Crippen molar-refractivity contribution in [2.45, 2.75) is 25.5 Å². The molecule has 0 spiro atoms. The van der Waals surface area contributed by atoms with Crippen molar-refractivity contribution in [3.8, 4) is 5.75 Å². The highest BCUT2D eigenvalue weighted by molar-refractivity contribution is 5.99. The van der Waals surface area contributed by atoms with Crippen LogP contribution in [0.5, 0.6) is 5.75 Å². The molecule has 8 nitrogen and oxygen atoms in total. The first-order valence-corrected chi connectivity index (χ1v) is 11.6. The Morgan fingerprint density at radius 2 is 1.63 bits per heavy atom. The molecule has 4 aromatic rings. The Labute approximate surface area is 202 Å². The fourth-order valence-corrected chi connectivity index (χ4v) is 4.67. The summed E-state index contributed by atoms with van der Waals surface area (Å²) in [5.41, 5.74) is 13.7. The Morgan fingerprint density at radius 1 is 0.886 bits per heavy atom. The maximum absolute atomic E-state index is 12.8. The second-order valence-electron chi connectivity index (χ2n) is 8.98. The molecule has 1 aliphatic rings. The Balaban J connectivity index is 1.40. The summed E-state index contributed by atoms with van der Waals surface area (Å²) < 4.78 is 7.97. The molecule has 1 aromatic heterocycles. The molecule has 6 N–H and O–H groups in total. The Bertz CT molecular complexity index is 1500. The van der Waals surface area contributed by atoms with Crippen LogP contribution in [0.2, 0.25) is 0 Å². The van der Waals surface area contributed by atoms with Crippen LogP contribution in [0.25, 0.3) is 21.7 Å². The van der Waals surface area contributed by atoms with Crippen molar-refractivity contribution in [3.63, 3.8) is 0 Å². The number of aromatic nitrogens is 1. The van der Waals surface area contributed by atoms with Crippen molar-refractivity contribution in [2.24, 2.45) is 11.5 Å². The molecule has 3 aromatic carbocycles. The summed E-state index contributed by atoms with van der Waals surface area (Å²) >= 11 is 0. The number of hydrogen-bond donors (Lipinski definition) is 4. The van der Waals surface area contributed by atoms with Crippen LogP contribution in [0.15, 0.2) is 71.5 Å². The van der Waals surface area contributed by atoms with Gasteiger partial charge in [0.1, 0.15) is 17.7 Å². The molecular weight excluding hydrogens is 440 g/mol. The third kappa shape index (κ3) is 4.68. The van der Waals surface area contributed by atoms with Crippen LogP contribution < -0.4 is 21.8 Å². The van der Waals surface area contributed by atoms with E-state index in [0.29, 0.717) is 25.2 Å². The van der Waals surface area contributed by atoms with Crippen molar-refractivity contribution in [1.82, 2.24) is 9.47 Å². The van der Waals surface area contributed by atoms with Gasteiger partial charge in [-0.3, -0.25) is 15.6 Å². The first-order chi connectivity index (χ1) is 16.9. The van der Waals surface area contributed by atoms with E-state index in [-0.39, 0.29) is 23.5 Å². The fourth-order valence-electron chi connectivity index (χ4n) is 4.67. The summed E-state index contributed by atoms with van der Waals surface area (Å²) in [5, 5.41) is 18.2. The van der Waals surface area contributed by atoms with E-state index in [1.807, 2.05) is 65.6 Å². The number of guanidine groups is 1. The molecule has 0 radical (unpaired) electrons. The minimum atomic E-state index is -0.0691. The predicted octanol–water partition coefficient (Wildman–Crippen LogP) is 3.22. The molecule has 2 heterocycles. The number of piperidine rings is 1. The van der Waals surface area contributed by atoms with E-state index in [4.69, 9.17) is 27.0 Å². The number of rotatable bonds is 5. The summed E-state index contributed by atoms with van der Waals surface area (Å²) in [6.45, 7) is 1.86. The number of nitrogens with one attached hydrogen (secondary N) is 2. The number of ether oxygens (including phenoxy) is 1. The van der Waals surface area contributed by atoms with Crippen molar-refractivity contribution >= 4 is 33.5 Å². The molecule has 0 unspecified atom stereocenters. The van der Waals surface area contributed by atoms with Gasteiger partial charge in [-0.15, -0.1) is 0 Å². The quantitative estimate of drug-likeness (QED) is 0.264. The van der Waals surface area contributed by atoms with E-state index >= 15 is 0 Å². The molecule has 0 atom stereocenters. The number of amidine groups is 1. The zero-order chi connectivity index (χ0) is 24.5. The van der Waals surface area contributed by atoms with Gasteiger partial charge in [-0.1, -0.05) is 24.3 Å². The van der Waals surface area contributed by atoms with Gasteiger partial charge < -0.3 is 25.7 Å². The summed E-state index contributed by atoms with van der Waals surface area (Å²) in [5.74, 6) is 0.911. The van der Waals surface area contributed by atoms with Gasteiger partial charge in [0.05, 0.1) is 12.1 Å². The first kappa shape index (κ1) is 22.5. The van der Waals surface area contributed by atoms with E-state index in [2.05, 4.69) is 0 Å². The van der Waals surface area contributed by atoms with E-state index in [1.165, 1.54) is 0 Å². The third-order valence-electron chi connectivity index (χ3n) is 6.60. The minimum Gasteiger partial charge on any atom is -0.490 e. The van der Waals surface area contributed by atoms with Crippen LogP contribution in [-0.2, 0) is 6.54 Å². The Kier molecular flexibility index (Phi) is 5.86. The lowest BCUT2D eigenvalue weighted by atomic mass is 10.0. The van der Waals surface area contributed by atoms with Crippen LogP contribution in [0, 0.1) is 10.8 Å². The smallest absolute Gasteiger partial charge is 0.251 e. The average Bonchev–Trinajstić information content (AvgIpc) is 2.85. The van der Waals surface area contributed by atoms with Crippen LogP contribution >= 0.6 is 0 Å². The van der Waals surface area contributed by atoms with Crippen molar-refractivity contribution in [3.05, 3.63) is 88.2 Å². The predicted molar refractivity (Wildman–Crippen MR) is 139 cm³/mol. The van der Waals surface area contributed by atoms with Gasteiger partial charge in [0.25, 0.3) is 5.56 Å². The lowest BCUT2D eigenvalue weighted by Crippen LogP contribution is -2.44. The molecule has 1 fully saturated rings. The highest BCUT2D eigenvalue weighted by Gasteiger charge is 2.21. The Morgan fingerprint density at radius 3 is 2.37 bits per heavy atom. The second-order valence-corrected chi connectivity index (χ2v) is 8.98. The summed E-state index contributed by atoms with van der Waals surface area (Å²) in [4.78, 5) is 14.6. The number of nitrogens with two attached hydrogens (primary N) is 2. The van der Waals surface area contributed by atoms with E-state index < -0.39 is 0 Å². The topological polar surface area (TPSA) is 134 Å². The zero-order valence-corrected chi connectivity index (χ0v) is 19.3. The first-order valence-electron chi connectivity index (χ1n) is 11.6. The van der Waals surface area contributed by atoms with Crippen LogP contribution in [0.4, 0.5) is 0 Å². The minimum absolute atomic E-state index is 0.0324. The number of nitrogens with zero attached hydrogens (tertiary/aromatic N) is 2. The molecule has 1 saturated heterocycles. The van der Waals surface area contributed by atoms with Crippen molar-refractivity contribution in [1.29, 1.82) is 10.8 Å². The lowest BCUT2D eigenvalue weighted by molar-refractivity contribution is 0.130. The van der Waals surface area contributed by atoms with Crippen LogP contribution in [0.1, 0.15) is 24.0 Å². The number of benzene rings is 3. The summed E-state index contributed by atoms with van der Waals surface area (Å²) in [7, 11) is 0. The molecular formula is C27H28N6O2. The number of likely N-dealkylation sites (tertiary alicyclic amines) is 1. The molecule has 35 heavy (non-hydrogen) atoms. The largest absolute Gasteiger partial charge is 0.490 e. The molecule has 0 aliphatic carbocycles. The van der Waals surface area contributed by atoms with Gasteiger partial charge in [0.2, 0.25) is 0 Å². The Hall–Kier alpha value is -4.33. The standard InChI is InChI=1S/C27H28N6O2/c28-26(29)20-4-3-18-2-1-17(13-21(18)14-20)16-33-24-7-6-23(15-19(24)5-8-25(33)34)35-22-9-11-32(12-10-22)27(30)31/h1-8,13-15,22H,9-12,16H2,(H3,28,29)(H3,30,31). The SMILES string of the molecule is N=C(N)c1ccc2ccc(Cn3c(=O)ccc4cc(OC5CCN(C(=N)N)CC5)ccc43)cc2c1. The molecule has 0 saturated carbocycles. The molecule has 5 rings (SSSR count). The number of pyridine rings is 1. The van der Waals surface area contributed by atoms with E-state index in [1.54, 1.807) is 10.6 Å². The highest BCUT2D eigenvalue weighted by atomic mass is 16.5. The van der Waals surface area contributed by atoms with Gasteiger partial charge >= 0.3 is 0 Å².